The molecule has 0 aromatic heterocycles. The van der Waals surface area contributed by atoms with Crippen LogP contribution in [0.25, 0.3) is 0 Å². The zero-order chi connectivity index (χ0) is 8.53. The van der Waals surface area contributed by atoms with Crippen LogP contribution in [-0.4, -0.2) is 21.4 Å². The van der Waals surface area contributed by atoms with Crippen LogP contribution in [0.2, 0.25) is 12.6 Å². The highest BCUT2D eigenvalue weighted by molar-refractivity contribution is 7.34. The van der Waals surface area contributed by atoms with Gasteiger partial charge < -0.3 is 0 Å². The van der Waals surface area contributed by atoms with Gasteiger partial charge in [-0.15, -0.1) is 0 Å². The molecule has 0 N–H and O–H groups in total. The van der Waals surface area contributed by atoms with Crippen LogP contribution >= 0.6 is 0 Å². The summed E-state index contributed by atoms with van der Waals surface area (Å²) < 4.78 is 0. The van der Waals surface area contributed by atoms with Crippen LogP contribution in [0, 0.1) is 0 Å². The molecule has 0 atom stereocenters. The fraction of sp³-hybridized carbons (Fsp3) is 1.00. The predicted octanol–water partition coefficient (Wildman–Crippen LogP) is 1.56. The Balaban J connectivity index is 2.97. The molecule has 11 heavy (non-hydrogen) atoms. The fourth-order valence-corrected chi connectivity index (χ4v) is 1.56. The van der Waals surface area contributed by atoms with Crippen LogP contribution < -0.4 is 0 Å². The molecule has 0 aliphatic carbocycles. The molecule has 0 saturated heterocycles. The minimum atomic E-state index is 0.969. The van der Waals surface area contributed by atoms with Gasteiger partial charge in [0.2, 0.25) is 0 Å². The monoisotopic (exact) mass is 150 g/mol. The standard InChI is InChI=1S/C8H21B3/c1-3-5-6-7-10-11(9)8-4-2/h10H,3-9H2,1-2H3. The van der Waals surface area contributed by atoms with E-state index in [2.05, 4.69) is 21.6 Å². The van der Waals surface area contributed by atoms with Crippen molar-refractivity contribution in [1.82, 2.24) is 0 Å². The second-order valence-corrected chi connectivity index (χ2v) is 3.74. The summed E-state index contributed by atoms with van der Waals surface area (Å²) in [4.78, 5) is 0. The first-order chi connectivity index (χ1) is 5.31. The fourth-order valence-electron chi connectivity index (χ4n) is 1.56. The summed E-state index contributed by atoms with van der Waals surface area (Å²) in [5, 5.41) is 0. The minimum Gasteiger partial charge on any atom is -0.0886 e. The second kappa shape index (κ2) is 8.29. The molecule has 0 aromatic rings. The smallest absolute Gasteiger partial charge is 0.0823 e. The van der Waals surface area contributed by atoms with Crippen LogP contribution in [-0.2, 0) is 0 Å². The molecule has 0 unspecified atom stereocenters. The van der Waals surface area contributed by atoms with Gasteiger partial charge >= 0.3 is 0 Å². The van der Waals surface area contributed by atoms with Gasteiger partial charge in [0.25, 0.3) is 0 Å². The van der Waals surface area contributed by atoms with Crippen molar-refractivity contribution in [2.24, 2.45) is 0 Å². The molecule has 0 spiro atoms. The zero-order valence-electron chi connectivity index (χ0n) is 8.53. The lowest BCUT2D eigenvalue weighted by atomic mass is 9.09. The maximum atomic E-state index is 2.38. The van der Waals surface area contributed by atoms with E-state index in [1.54, 1.807) is 0 Å². The van der Waals surface area contributed by atoms with E-state index in [1.165, 1.54) is 45.5 Å². The number of hydrogen-bond donors (Lipinski definition) is 0. The molecule has 0 amide bonds. The lowest BCUT2D eigenvalue weighted by Crippen LogP contribution is -2.21. The van der Waals surface area contributed by atoms with E-state index in [9.17, 15) is 0 Å². The van der Waals surface area contributed by atoms with Crippen molar-refractivity contribution in [3.63, 3.8) is 0 Å². The van der Waals surface area contributed by atoms with E-state index in [1.807, 2.05) is 0 Å². The van der Waals surface area contributed by atoms with Crippen LogP contribution in [0.15, 0.2) is 0 Å². The molecule has 3 heteroatoms. The molecule has 0 heterocycles. The molecule has 0 aromatic carbocycles. The molecule has 62 valence electrons. The molecule has 0 rings (SSSR count). The Morgan fingerprint density at radius 1 is 1.18 bits per heavy atom. The molecule has 0 bridgehead atoms. The third-order valence-electron chi connectivity index (χ3n) is 2.33. The summed E-state index contributed by atoms with van der Waals surface area (Å²) in [6, 6.07) is 0. The highest BCUT2D eigenvalue weighted by atomic mass is 13.8. The first-order valence-electron chi connectivity index (χ1n) is 5.31. The largest absolute Gasteiger partial charge is 0.0886 e. The van der Waals surface area contributed by atoms with Crippen molar-refractivity contribution in [2.75, 3.05) is 0 Å². The molecular weight excluding hydrogens is 129 g/mol. The Hall–Kier alpha value is 0.195. The van der Waals surface area contributed by atoms with Gasteiger partial charge in [-0.2, -0.15) is 0 Å². The Morgan fingerprint density at radius 3 is 2.45 bits per heavy atom. The topological polar surface area (TPSA) is 0 Å². The summed E-state index contributed by atoms with van der Waals surface area (Å²) in [5.74, 6) is 0. The Kier molecular flexibility index (Phi) is 8.44. The molecule has 0 nitrogen and oxygen atoms in total. The van der Waals surface area contributed by atoms with E-state index in [0.29, 0.717) is 0 Å². The van der Waals surface area contributed by atoms with Crippen LogP contribution in [0.3, 0.4) is 0 Å². The summed E-state index contributed by atoms with van der Waals surface area (Å²) in [5.41, 5.74) is 0. The van der Waals surface area contributed by atoms with E-state index >= 15 is 0 Å². The highest BCUT2D eigenvalue weighted by Crippen LogP contribution is 2.01. The summed E-state index contributed by atoms with van der Waals surface area (Å²) >= 11 is 0. The molecule has 0 saturated carbocycles. The SMILES string of the molecule is BB(BCCCCC)CCC. The minimum absolute atomic E-state index is 0.969. The third-order valence-corrected chi connectivity index (χ3v) is 2.33. The van der Waals surface area contributed by atoms with E-state index in [-0.39, 0.29) is 0 Å². The summed E-state index contributed by atoms with van der Waals surface area (Å²) in [7, 11) is 3.84. The number of unbranched alkanes of at least 4 members (excludes halogenated alkanes) is 2. The van der Waals surface area contributed by atoms with Crippen LogP contribution in [0.4, 0.5) is 0 Å². The maximum absolute atomic E-state index is 2.38. The number of rotatable bonds is 7. The van der Waals surface area contributed by atoms with Crippen molar-refractivity contribution in [2.45, 2.75) is 52.2 Å². The molecule has 0 aliphatic rings. The lowest BCUT2D eigenvalue weighted by molar-refractivity contribution is 0.770. The first kappa shape index (κ1) is 11.2. The van der Waals surface area contributed by atoms with Gasteiger partial charge in [-0.25, -0.2) is 0 Å². The maximum Gasteiger partial charge on any atom is 0.0823 e. The molecular formula is C8H21B3. The molecule has 0 fully saturated rings. The lowest BCUT2D eigenvalue weighted by Gasteiger charge is -2.03. The summed E-state index contributed by atoms with van der Waals surface area (Å²) in [6.07, 6.45) is 8.47. The average Bonchev–Trinajstić information content (AvgIpc) is 1.99. The summed E-state index contributed by atoms with van der Waals surface area (Å²) in [6.45, 7) is 5.52. The Bertz CT molecular complexity index is 75.7. The van der Waals surface area contributed by atoms with Crippen molar-refractivity contribution in [3.8, 4) is 0 Å². The van der Waals surface area contributed by atoms with Gasteiger partial charge in [0.15, 0.2) is 0 Å². The van der Waals surface area contributed by atoms with Crippen molar-refractivity contribution in [1.29, 1.82) is 0 Å². The van der Waals surface area contributed by atoms with Crippen molar-refractivity contribution < 1.29 is 0 Å². The van der Waals surface area contributed by atoms with E-state index in [4.69, 9.17) is 0 Å². The number of hydrogen-bond acceptors (Lipinski definition) is 0. The zero-order valence-corrected chi connectivity index (χ0v) is 8.53. The molecule has 0 aliphatic heterocycles. The van der Waals surface area contributed by atoms with Gasteiger partial charge in [-0.05, 0) is 0 Å². The van der Waals surface area contributed by atoms with Gasteiger partial charge in [-0.1, -0.05) is 52.2 Å². The van der Waals surface area contributed by atoms with Gasteiger partial charge in [-0.3, -0.25) is 0 Å². The Labute approximate surface area is 74.2 Å². The first-order valence-corrected chi connectivity index (χ1v) is 5.31. The normalized spacial score (nSPS) is 9.64. The van der Waals surface area contributed by atoms with Crippen LogP contribution in [0.1, 0.15) is 39.5 Å². The van der Waals surface area contributed by atoms with Gasteiger partial charge in [0.05, 0.1) is 21.4 Å². The predicted molar refractivity (Wildman–Crippen MR) is 60.9 cm³/mol. The van der Waals surface area contributed by atoms with Crippen molar-refractivity contribution in [3.05, 3.63) is 0 Å². The quantitative estimate of drug-likeness (QED) is 0.381. The third kappa shape index (κ3) is 8.10. The highest BCUT2D eigenvalue weighted by Gasteiger charge is 2.04. The van der Waals surface area contributed by atoms with Crippen molar-refractivity contribution >= 4 is 21.4 Å². The van der Waals surface area contributed by atoms with Crippen LogP contribution in [0.5, 0.6) is 0 Å². The average molecular weight is 150 g/mol. The Morgan fingerprint density at radius 2 is 1.91 bits per heavy atom. The van der Waals surface area contributed by atoms with E-state index in [0.717, 1.165) is 6.49 Å². The second-order valence-electron chi connectivity index (χ2n) is 3.74. The van der Waals surface area contributed by atoms with Gasteiger partial charge in [0.1, 0.15) is 0 Å². The van der Waals surface area contributed by atoms with Gasteiger partial charge in [0, 0.05) is 0 Å². The van der Waals surface area contributed by atoms with E-state index < -0.39 is 0 Å². The molecule has 0 radical (unpaired) electrons.